The number of hydrogen-bond acceptors (Lipinski definition) is 5. The molecule has 4 N–H and O–H groups in total. The molecule has 0 saturated heterocycles. The summed E-state index contributed by atoms with van der Waals surface area (Å²) in [6.45, 7) is 2.19. The zero-order chi connectivity index (χ0) is 13.8. The molecule has 104 valence electrons. The zero-order valence-electron chi connectivity index (χ0n) is 11.1. The Morgan fingerprint density at radius 3 is 2.63 bits per heavy atom. The number of nitro groups is 1. The van der Waals surface area contributed by atoms with Gasteiger partial charge in [-0.25, -0.2) is 0 Å². The van der Waals surface area contributed by atoms with Crippen molar-refractivity contribution in [3.8, 4) is 0 Å². The molecule has 2 rings (SSSR count). The molecule has 6 heteroatoms. The Hall–Kier alpha value is -1.82. The highest BCUT2D eigenvalue weighted by atomic mass is 16.6. The number of nitrogens with zero attached hydrogens (tertiary/aromatic N) is 1. The lowest BCUT2D eigenvalue weighted by molar-refractivity contribution is -0.383. The van der Waals surface area contributed by atoms with Crippen LogP contribution in [0.4, 0.5) is 17.1 Å². The molecule has 19 heavy (non-hydrogen) atoms. The molecule has 0 heterocycles. The maximum atomic E-state index is 11.2. The van der Waals surface area contributed by atoms with Crippen LogP contribution in [0.2, 0.25) is 0 Å². The molecule has 0 spiro atoms. The fourth-order valence-corrected chi connectivity index (χ4v) is 2.70. The van der Waals surface area contributed by atoms with Gasteiger partial charge >= 0.3 is 5.69 Å². The van der Waals surface area contributed by atoms with E-state index in [4.69, 9.17) is 5.84 Å². The molecule has 6 nitrogen and oxygen atoms in total. The third-order valence-corrected chi connectivity index (χ3v) is 3.83. The van der Waals surface area contributed by atoms with Crippen LogP contribution in [-0.2, 0) is 0 Å². The van der Waals surface area contributed by atoms with Crippen molar-refractivity contribution in [1.82, 2.24) is 0 Å². The quantitative estimate of drug-likeness (QED) is 0.441. The van der Waals surface area contributed by atoms with Gasteiger partial charge in [-0.05, 0) is 30.9 Å². The topological polar surface area (TPSA) is 93.2 Å². The molecule has 0 radical (unpaired) electrons. The first-order chi connectivity index (χ1) is 9.13. The van der Waals surface area contributed by atoms with E-state index in [0.717, 1.165) is 6.42 Å². The second-order valence-electron chi connectivity index (χ2n) is 5.12. The van der Waals surface area contributed by atoms with E-state index in [0.29, 0.717) is 23.3 Å². The van der Waals surface area contributed by atoms with Gasteiger partial charge in [0, 0.05) is 6.04 Å². The van der Waals surface area contributed by atoms with Crippen LogP contribution in [0.25, 0.3) is 0 Å². The Morgan fingerprint density at radius 1 is 1.32 bits per heavy atom. The molecule has 1 aliphatic rings. The lowest BCUT2D eigenvalue weighted by Gasteiger charge is -2.30. The number of hydrogen-bond donors (Lipinski definition) is 3. The molecule has 0 bridgehead atoms. The molecule has 1 fully saturated rings. The zero-order valence-corrected chi connectivity index (χ0v) is 11.1. The van der Waals surface area contributed by atoms with Crippen molar-refractivity contribution in [2.45, 2.75) is 38.6 Å². The molecule has 0 amide bonds. The average Bonchev–Trinajstić information content (AvgIpc) is 2.40. The largest absolute Gasteiger partial charge is 0.376 e. The lowest BCUT2D eigenvalue weighted by atomic mass is 9.86. The van der Waals surface area contributed by atoms with E-state index in [1.165, 1.54) is 19.3 Å². The first-order valence-corrected chi connectivity index (χ1v) is 6.64. The van der Waals surface area contributed by atoms with Gasteiger partial charge in [0.15, 0.2) is 0 Å². The fourth-order valence-electron chi connectivity index (χ4n) is 2.70. The summed E-state index contributed by atoms with van der Waals surface area (Å²) in [4.78, 5) is 10.8. The summed E-state index contributed by atoms with van der Waals surface area (Å²) >= 11 is 0. The molecule has 2 atom stereocenters. The number of rotatable bonds is 4. The Morgan fingerprint density at radius 2 is 2.00 bits per heavy atom. The lowest BCUT2D eigenvalue weighted by Crippen LogP contribution is -2.30. The molecule has 1 aromatic carbocycles. The van der Waals surface area contributed by atoms with Crippen molar-refractivity contribution < 1.29 is 4.92 Å². The number of nitrogens with one attached hydrogen (secondary N) is 2. The standard InChI is InChI=1S/C13H20N4O2/c1-9-5-2-3-6-10(9)15-11-7-4-8-12(16-14)13(11)17(18)19/h4,7-10,15-16H,2-3,5-6,14H2,1H3. The minimum Gasteiger partial charge on any atom is -0.376 e. The highest BCUT2D eigenvalue weighted by Gasteiger charge is 2.25. The van der Waals surface area contributed by atoms with Crippen molar-refractivity contribution in [2.24, 2.45) is 11.8 Å². The highest BCUT2D eigenvalue weighted by molar-refractivity contribution is 5.76. The summed E-state index contributed by atoms with van der Waals surface area (Å²) in [5.74, 6) is 5.87. The number of hydrazine groups is 1. The van der Waals surface area contributed by atoms with Crippen LogP contribution in [0.15, 0.2) is 18.2 Å². The summed E-state index contributed by atoms with van der Waals surface area (Å²) in [6, 6.07) is 5.40. The second-order valence-corrected chi connectivity index (χ2v) is 5.12. The van der Waals surface area contributed by atoms with Crippen molar-refractivity contribution >= 4 is 17.1 Å². The SMILES string of the molecule is CC1CCCCC1Nc1cccc(NN)c1[N+](=O)[O-]. The fraction of sp³-hybridized carbons (Fsp3) is 0.538. The minimum atomic E-state index is -0.398. The van der Waals surface area contributed by atoms with E-state index in [1.807, 2.05) is 0 Å². The van der Waals surface area contributed by atoms with Gasteiger partial charge < -0.3 is 10.7 Å². The molecule has 1 saturated carbocycles. The van der Waals surface area contributed by atoms with Crippen molar-refractivity contribution in [2.75, 3.05) is 10.7 Å². The molecule has 0 aliphatic heterocycles. The first kappa shape index (κ1) is 13.6. The van der Waals surface area contributed by atoms with E-state index in [1.54, 1.807) is 18.2 Å². The van der Waals surface area contributed by atoms with Gasteiger partial charge in [0.05, 0.1) is 4.92 Å². The molecule has 2 unspecified atom stereocenters. The van der Waals surface area contributed by atoms with Gasteiger partial charge in [-0.15, -0.1) is 0 Å². The van der Waals surface area contributed by atoms with Gasteiger partial charge in [-0.1, -0.05) is 25.8 Å². The number of anilines is 2. The molecule has 1 aliphatic carbocycles. The smallest absolute Gasteiger partial charge is 0.316 e. The summed E-state index contributed by atoms with van der Waals surface area (Å²) in [5, 5.41) is 14.5. The van der Waals surface area contributed by atoms with Crippen molar-refractivity contribution in [3.63, 3.8) is 0 Å². The van der Waals surface area contributed by atoms with E-state index < -0.39 is 4.92 Å². The number of nitrogen functional groups attached to an aromatic ring is 1. The third-order valence-electron chi connectivity index (χ3n) is 3.83. The van der Waals surface area contributed by atoms with Crippen LogP contribution in [0.5, 0.6) is 0 Å². The maximum absolute atomic E-state index is 11.2. The van der Waals surface area contributed by atoms with Gasteiger partial charge in [-0.2, -0.15) is 0 Å². The molecular weight excluding hydrogens is 244 g/mol. The van der Waals surface area contributed by atoms with Gasteiger partial charge in [0.25, 0.3) is 0 Å². The Balaban J connectivity index is 2.26. The average molecular weight is 264 g/mol. The van der Waals surface area contributed by atoms with Crippen LogP contribution in [0.3, 0.4) is 0 Å². The number of benzene rings is 1. The van der Waals surface area contributed by atoms with E-state index >= 15 is 0 Å². The molecule has 1 aromatic rings. The van der Waals surface area contributed by atoms with Crippen LogP contribution in [0, 0.1) is 16.0 Å². The van der Waals surface area contributed by atoms with Gasteiger partial charge in [-0.3, -0.25) is 16.0 Å². The number of nitro benzene ring substituents is 1. The van der Waals surface area contributed by atoms with Crippen molar-refractivity contribution in [1.29, 1.82) is 0 Å². The Bertz CT molecular complexity index is 464. The van der Waals surface area contributed by atoms with E-state index in [9.17, 15) is 10.1 Å². The summed E-state index contributed by atoms with van der Waals surface area (Å²) in [5.41, 5.74) is 3.27. The predicted molar refractivity (Wildman–Crippen MR) is 75.9 cm³/mol. The van der Waals surface area contributed by atoms with Gasteiger partial charge in [0.1, 0.15) is 11.4 Å². The second kappa shape index (κ2) is 5.88. The van der Waals surface area contributed by atoms with Crippen LogP contribution in [0.1, 0.15) is 32.6 Å². The normalized spacial score (nSPS) is 22.8. The van der Waals surface area contributed by atoms with Crippen LogP contribution >= 0.6 is 0 Å². The summed E-state index contributed by atoms with van der Waals surface area (Å²) in [6.07, 6.45) is 4.63. The van der Waals surface area contributed by atoms with Crippen LogP contribution in [-0.4, -0.2) is 11.0 Å². The maximum Gasteiger partial charge on any atom is 0.316 e. The monoisotopic (exact) mass is 264 g/mol. The Labute approximate surface area is 112 Å². The van der Waals surface area contributed by atoms with E-state index in [2.05, 4.69) is 17.7 Å². The van der Waals surface area contributed by atoms with Crippen LogP contribution < -0.4 is 16.6 Å². The highest BCUT2D eigenvalue weighted by Crippen LogP contribution is 2.35. The third kappa shape index (κ3) is 2.96. The number of nitrogens with two attached hydrogens (primary N) is 1. The number of para-hydroxylation sites is 1. The molecule has 0 aromatic heterocycles. The van der Waals surface area contributed by atoms with E-state index in [-0.39, 0.29) is 5.69 Å². The van der Waals surface area contributed by atoms with Crippen molar-refractivity contribution in [3.05, 3.63) is 28.3 Å². The summed E-state index contributed by atoms with van der Waals surface area (Å²) < 4.78 is 0. The predicted octanol–water partition coefficient (Wildman–Crippen LogP) is 2.87. The first-order valence-electron chi connectivity index (χ1n) is 6.64. The van der Waals surface area contributed by atoms with Gasteiger partial charge in [0.2, 0.25) is 0 Å². The summed E-state index contributed by atoms with van der Waals surface area (Å²) in [7, 11) is 0. The Kier molecular flexibility index (Phi) is 4.21. The molecular formula is C13H20N4O2. The minimum absolute atomic E-state index is 0.0165.